The highest BCUT2D eigenvalue weighted by molar-refractivity contribution is 14.0. The van der Waals surface area contributed by atoms with Crippen LogP contribution >= 0.6 is 24.0 Å². The van der Waals surface area contributed by atoms with Crippen LogP contribution in [0.2, 0.25) is 0 Å². The minimum absolute atomic E-state index is 0. The lowest BCUT2D eigenvalue weighted by Crippen LogP contribution is -2.49. The zero-order valence-electron chi connectivity index (χ0n) is 14.2. The van der Waals surface area contributed by atoms with Crippen molar-refractivity contribution in [2.75, 3.05) is 20.1 Å². The average Bonchev–Trinajstić information content (AvgIpc) is 2.85. The Morgan fingerprint density at radius 1 is 1.50 bits per heavy atom. The number of aryl methyl sites for hydroxylation is 1. The molecule has 2 rings (SSSR count). The first-order chi connectivity index (χ1) is 10.1. The van der Waals surface area contributed by atoms with Gasteiger partial charge in [-0.2, -0.15) is 0 Å². The van der Waals surface area contributed by atoms with Crippen molar-refractivity contribution in [1.29, 1.82) is 0 Å². The predicted octanol–water partition coefficient (Wildman–Crippen LogP) is 2.41. The minimum Gasteiger partial charge on any atom is -0.349 e. The summed E-state index contributed by atoms with van der Waals surface area (Å²) in [6.45, 7) is 7.49. The molecule has 22 heavy (non-hydrogen) atoms. The van der Waals surface area contributed by atoms with Crippen molar-refractivity contribution < 1.29 is 0 Å². The molecule has 0 radical (unpaired) electrons. The topological polar surface area (TPSA) is 58.3 Å². The lowest BCUT2D eigenvalue weighted by atomic mass is 9.78. The van der Waals surface area contributed by atoms with E-state index in [1.807, 2.05) is 18.7 Å². The zero-order chi connectivity index (χ0) is 15.3. The Morgan fingerprint density at radius 2 is 2.27 bits per heavy atom. The molecule has 1 aliphatic rings. The molecule has 1 atom stereocenters. The summed E-state index contributed by atoms with van der Waals surface area (Å²) in [4.78, 5) is 6.82. The van der Waals surface area contributed by atoms with Crippen molar-refractivity contribution in [1.82, 2.24) is 25.0 Å². The third kappa shape index (κ3) is 4.82. The van der Waals surface area contributed by atoms with Gasteiger partial charge in [-0.25, -0.2) is 0 Å². The van der Waals surface area contributed by atoms with E-state index in [-0.39, 0.29) is 24.0 Å². The van der Waals surface area contributed by atoms with Crippen LogP contribution in [-0.4, -0.2) is 45.8 Å². The first kappa shape index (κ1) is 19.2. The van der Waals surface area contributed by atoms with E-state index in [0.29, 0.717) is 12.0 Å². The Bertz CT molecular complexity index is 482. The Hall–Kier alpha value is -0.860. The highest BCUT2D eigenvalue weighted by Gasteiger charge is 2.31. The lowest BCUT2D eigenvalue weighted by molar-refractivity contribution is 0.142. The van der Waals surface area contributed by atoms with Crippen molar-refractivity contribution in [2.45, 2.75) is 46.1 Å². The van der Waals surface area contributed by atoms with Crippen molar-refractivity contribution in [3.05, 3.63) is 12.2 Å². The van der Waals surface area contributed by atoms with Gasteiger partial charge in [-0.1, -0.05) is 20.3 Å². The van der Waals surface area contributed by atoms with E-state index in [4.69, 9.17) is 0 Å². The van der Waals surface area contributed by atoms with Crippen LogP contribution in [0.25, 0.3) is 0 Å². The van der Waals surface area contributed by atoms with Crippen LogP contribution in [0.3, 0.4) is 0 Å². The summed E-state index contributed by atoms with van der Waals surface area (Å²) in [5, 5.41) is 11.4. The van der Waals surface area contributed by atoms with Crippen LogP contribution in [0.4, 0.5) is 0 Å². The smallest absolute Gasteiger partial charge is 0.194 e. The number of nitrogens with one attached hydrogen (secondary N) is 1. The van der Waals surface area contributed by atoms with Crippen molar-refractivity contribution in [3.63, 3.8) is 0 Å². The van der Waals surface area contributed by atoms with Gasteiger partial charge in [0.05, 0.1) is 6.54 Å². The fraction of sp³-hybridized carbons (Fsp3) is 0.800. The number of likely N-dealkylation sites (tertiary alicyclic amines) is 1. The SMILES string of the molecule is CCCC1(C)CCCN(C(=NC)NCc2nncn2C)C1.I. The van der Waals surface area contributed by atoms with E-state index >= 15 is 0 Å². The third-order valence-corrected chi connectivity index (χ3v) is 4.36. The van der Waals surface area contributed by atoms with Gasteiger partial charge in [-0.3, -0.25) is 4.99 Å². The van der Waals surface area contributed by atoms with Gasteiger partial charge in [0.1, 0.15) is 6.33 Å². The van der Waals surface area contributed by atoms with Gasteiger partial charge >= 0.3 is 0 Å². The monoisotopic (exact) mass is 420 g/mol. The van der Waals surface area contributed by atoms with Crippen LogP contribution in [0.15, 0.2) is 11.3 Å². The molecule has 1 unspecified atom stereocenters. The van der Waals surface area contributed by atoms with E-state index in [9.17, 15) is 0 Å². The maximum absolute atomic E-state index is 4.44. The molecule has 6 nitrogen and oxygen atoms in total. The molecule has 1 N–H and O–H groups in total. The second-order valence-corrected chi connectivity index (χ2v) is 6.34. The van der Waals surface area contributed by atoms with E-state index in [1.54, 1.807) is 6.33 Å². The summed E-state index contributed by atoms with van der Waals surface area (Å²) < 4.78 is 1.93. The van der Waals surface area contributed by atoms with Crippen LogP contribution in [0.5, 0.6) is 0 Å². The standard InChI is InChI=1S/C15H28N6.HI/c1-5-7-15(2)8-6-9-21(11-15)14(16-3)17-10-13-19-18-12-20(13)4;/h12H,5-11H2,1-4H3,(H,16,17);1H. The molecule has 126 valence electrons. The van der Waals surface area contributed by atoms with Crippen molar-refractivity contribution >= 4 is 29.9 Å². The van der Waals surface area contributed by atoms with Crippen molar-refractivity contribution in [3.8, 4) is 0 Å². The number of hydrogen-bond acceptors (Lipinski definition) is 3. The van der Waals surface area contributed by atoms with Gasteiger partial charge in [-0.05, 0) is 24.7 Å². The fourth-order valence-electron chi connectivity index (χ4n) is 3.26. The van der Waals surface area contributed by atoms with Gasteiger partial charge in [0.2, 0.25) is 0 Å². The summed E-state index contributed by atoms with van der Waals surface area (Å²) in [7, 11) is 3.81. The molecule has 7 heteroatoms. The van der Waals surface area contributed by atoms with Gasteiger partial charge < -0.3 is 14.8 Å². The van der Waals surface area contributed by atoms with Gasteiger partial charge in [0.25, 0.3) is 0 Å². The Kier molecular flexibility index (Phi) is 7.58. The second-order valence-electron chi connectivity index (χ2n) is 6.34. The third-order valence-electron chi connectivity index (χ3n) is 4.36. The summed E-state index contributed by atoms with van der Waals surface area (Å²) in [6.07, 6.45) is 6.80. The number of aromatic nitrogens is 3. The summed E-state index contributed by atoms with van der Waals surface area (Å²) in [6, 6.07) is 0. The molecule has 1 saturated heterocycles. The maximum atomic E-state index is 4.44. The van der Waals surface area contributed by atoms with Gasteiger partial charge in [-0.15, -0.1) is 34.2 Å². The van der Waals surface area contributed by atoms with E-state index in [1.165, 1.54) is 25.7 Å². The van der Waals surface area contributed by atoms with Crippen LogP contribution in [0.1, 0.15) is 45.4 Å². The Morgan fingerprint density at radius 3 is 2.86 bits per heavy atom. The molecule has 1 aromatic heterocycles. The van der Waals surface area contributed by atoms with Crippen LogP contribution in [-0.2, 0) is 13.6 Å². The first-order valence-corrected chi connectivity index (χ1v) is 7.86. The quantitative estimate of drug-likeness (QED) is 0.462. The number of aliphatic imine (C=N–C) groups is 1. The average molecular weight is 420 g/mol. The van der Waals surface area contributed by atoms with Gasteiger partial charge in [0.15, 0.2) is 11.8 Å². The second kappa shape index (κ2) is 8.69. The van der Waals surface area contributed by atoms with E-state index in [2.05, 4.69) is 39.3 Å². The molecule has 1 aliphatic heterocycles. The van der Waals surface area contributed by atoms with E-state index in [0.717, 1.165) is 24.9 Å². The normalized spacial score (nSPS) is 22.4. The first-order valence-electron chi connectivity index (χ1n) is 7.86. The maximum Gasteiger partial charge on any atom is 0.194 e. The number of nitrogens with zero attached hydrogens (tertiary/aromatic N) is 5. The summed E-state index contributed by atoms with van der Waals surface area (Å²) in [5.41, 5.74) is 0.412. The molecule has 1 fully saturated rings. The number of halogens is 1. The number of rotatable bonds is 4. The molecule has 0 saturated carbocycles. The van der Waals surface area contributed by atoms with Gasteiger partial charge in [0, 0.05) is 27.2 Å². The molecule has 0 amide bonds. The number of hydrogen-bond donors (Lipinski definition) is 1. The molecule has 0 bridgehead atoms. The summed E-state index contributed by atoms with van der Waals surface area (Å²) >= 11 is 0. The molecule has 0 aromatic carbocycles. The molecule has 0 spiro atoms. The zero-order valence-corrected chi connectivity index (χ0v) is 16.5. The van der Waals surface area contributed by atoms with Crippen LogP contribution in [0, 0.1) is 5.41 Å². The number of guanidine groups is 1. The molecular formula is C15H29IN6. The minimum atomic E-state index is 0. The lowest BCUT2D eigenvalue weighted by Gasteiger charge is -2.42. The highest BCUT2D eigenvalue weighted by Crippen LogP contribution is 2.33. The molecule has 1 aromatic rings. The predicted molar refractivity (Wildman–Crippen MR) is 100 cm³/mol. The number of piperidine rings is 1. The molecule has 2 heterocycles. The van der Waals surface area contributed by atoms with Crippen LogP contribution < -0.4 is 5.32 Å². The molecular weight excluding hydrogens is 391 g/mol. The highest BCUT2D eigenvalue weighted by atomic mass is 127. The Labute approximate surface area is 150 Å². The fourth-order valence-corrected chi connectivity index (χ4v) is 3.26. The Balaban J connectivity index is 0.00000242. The van der Waals surface area contributed by atoms with Crippen molar-refractivity contribution in [2.24, 2.45) is 17.5 Å². The van der Waals surface area contributed by atoms with E-state index < -0.39 is 0 Å². The molecule has 0 aliphatic carbocycles. The largest absolute Gasteiger partial charge is 0.349 e. The summed E-state index contributed by atoms with van der Waals surface area (Å²) in [5.74, 6) is 1.89.